The summed E-state index contributed by atoms with van der Waals surface area (Å²) in [6.07, 6.45) is 8.07. The van der Waals surface area contributed by atoms with Gasteiger partial charge in [0.15, 0.2) is 0 Å². The summed E-state index contributed by atoms with van der Waals surface area (Å²) in [4.78, 5) is 20.8. The maximum Gasteiger partial charge on any atom is 0.330 e. The van der Waals surface area contributed by atoms with E-state index in [0.29, 0.717) is 0 Å². The SMILES string of the molecule is C=C.C=CC(=O)OC12CCC(CC1)C2.C=COC(C)=O. The van der Waals surface area contributed by atoms with Gasteiger partial charge in [-0.1, -0.05) is 13.2 Å². The van der Waals surface area contributed by atoms with E-state index in [0.717, 1.165) is 31.4 Å². The molecule has 0 unspecified atom stereocenters. The molecule has 0 aromatic heterocycles. The lowest BCUT2D eigenvalue weighted by molar-refractivity contribution is -0.152. The first-order valence-electron chi connectivity index (χ1n) is 6.65. The van der Waals surface area contributed by atoms with E-state index in [9.17, 15) is 9.59 Å². The van der Waals surface area contributed by atoms with Crippen LogP contribution in [0, 0.1) is 5.92 Å². The van der Waals surface area contributed by atoms with E-state index in [1.165, 1.54) is 25.8 Å². The summed E-state index contributed by atoms with van der Waals surface area (Å²) in [6, 6.07) is 0. The van der Waals surface area contributed by atoms with Crippen LogP contribution in [0.1, 0.15) is 39.0 Å². The van der Waals surface area contributed by atoms with E-state index in [-0.39, 0.29) is 17.5 Å². The quantitative estimate of drug-likeness (QED) is 0.343. The van der Waals surface area contributed by atoms with Crippen LogP contribution >= 0.6 is 0 Å². The predicted molar refractivity (Wildman–Crippen MR) is 78.8 cm³/mol. The van der Waals surface area contributed by atoms with Crippen molar-refractivity contribution in [3.63, 3.8) is 0 Å². The molecule has 0 atom stereocenters. The Bertz CT molecular complexity index is 351. The number of hydrogen-bond donors (Lipinski definition) is 0. The van der Waals surface area contributed by atoms with Crippen molar-refractivity contribution in [2.45, 2.75) is 44.6 Å². The Morgan fingerprint density at radius 2 is 1.75 bits per heavy atom. The van der Waals surface area contributed by atoms with Crippen LogP contribution in [0.25, 0.3) is 0 Å². The molecule has 0 N–H and O–H groups in total. The zero-order valence-electron chi connectivity index (χ0n) is 12.2. The summed E-state index contributed by atoms with van der Waals surface area (Å²) >= 11 is 0. The van der Waals surface area contributed by atoms with Gasteiger partial charge >= 0.3 is 11.9 Å². The standard InChI is InChI=1S/C10H14O2.C4H6O2.C2H4/c1-2-9(11)12-10-5-3-8(7-10)4-6-10;1-3-6-4(2)5;1-2/h2,8H,1,3-7H2;3H,1H2,2H3;1-2H2. The molecule has 2 aliphatic rings. The summed E-state index contributed by atoms with van der Waals surface area (Å²) in [5.41, 5.74) is -0.0874. The number of carbonyl (C=O) groups is 2. The summed E-state index contributed by atoms with van der Waals surface area (Å²) in [5.74, 6) is 0.241. The van der Waals surface area contributed by atoms with Crippen LogP contribution < -0.4 is 0 Å². The highest BCUT2D eigenvalue weighted by Gasteiger charge is 2.47. The molecule has 4 nitrogen and oxygen atoms in total. The molecule has 2 fully saturated rings. The fourth-order valence-corrected chi connectivity index (χ4v) is 2.65. The van der Waals surface area contributed by atoms with E-state index < -0.39 is 0 Å². The first-order chi connectivity index (χ1) is 9.51. The first kappa shape index (κ1) is 18.2. The summed E-state index contributed by atoms with van der Waals surface area (Å²) in [7, 11) is 0. The van der Waals surface area contributed by atoms with Crippen molar-refractivity contribution in [1.29, 1.82) is 0 Å². The molecule has 0 heterocycles. The van der Waals surface area contributed by atoms with Crippen LogP contribution in [0.15, 0.2) is 38.7 Å². The molecule has 0 spiro atoms. The molecule has 0 aromatic carbocycles. The van der Waals surface area contributed by atoms with Gasteiger partial charge in [0.2, 0.25) is 0 Å². The average molecular weight is 280 g/mol. The Hall–Kier alpha value is -1.84. The van der Waals surface area contributed by atoms with Crippen LogP contribution in [-0.4, -0.2) is 17.5 Å². The maximum atomic E-state index is 11.0. The average Bonchev–Trinajstić information content (AvgIpc) is 3.01. The zero-order valence-corrected chi connectivity index (χ0v) is 12.2. The molecule has 2 rings (SSSR count). The van der Waals surface area contributed by atoms with Crippen LogP contribution in [-0.2, 0) is 19.1 Å². The van der Waals surface area contributed by atoms with Crippen LogP contribution in [0.3, 0.4) is 0 Å². The lowest BCUT2D eigenvalue weighted by Gasteiger charge is -2.25. The van der Waals surface area contributed by atoms with Crippen molar-refractivity contribution < 1.29 is 19.1 Å². The molecule has 0 radical (unpaired) electrons. The molecule has 2 aliphatic carbocycles. The molecular weight excluding hydrogens is 256 g/mol. The molecule has 4 heteroatoms. The summed E-state index contributed by atoms with van der Waals surface area (Å²) < 4.78 is 9.55. The van der Waals surface area contributed by atoms with Crippen molar-refractivity contribution in [3.05, 3.63) is 38.7 Å². The number of rotatable bonds is 3. The van der Waals surface area contributed by atoms with E-state index in [1.54, 1.807) is 0 Å². The monoisotopic (exact) mass is 280 g/mol. The van der Waals surface area contributed by atoms with Crippen LogP contribution in [0.4, 0.5) is 0 Å². The largest absolute Gasteiger partial charge is 0.456 e. The highest BCUT2D eigenvalue weighted by Crippen LogP contribution is 2.49. The number of fused-ring (bicyclic) bond motifs is 2. The Morgan fingerprint density at radius 1 is 1.20 bits per heavy atom. The second-order valence-electron chi connectivity index (χ2n) is 4.73. The third-order valence-electron chi connectivity index (χ3n) is 3.41. The zero-order chi connectivity index (χ0) is 15.6. The Labute approximate surface area is 121 Å². The highest BCUT2D eigenvalue weighted by molar-refractivity contribution is 5.81. The lowest BCUT2D eigenvalue weighted by Crippen LogP contribution is -2.29. The minimum Gasteiger partial charge on any atom is -0.456 e. The van der Waals surface area contributed by atoms with Gasteiger partial charge in [0.1, 0.15) is 5.60 Å². The van der Waals surface area contributed by atoms with Crippen molar-refractivity contribution in [2.75, 3.05) is 0 Å². The van der Waals surface area contributed by atoms with E-state index in [2.05, 4.69) is 31.1 Å². The van der Waals surface area contributed by atoms with Gasteiger partial charge in [0.05, 0.1) is 6.26 Å². The fourth-order valence-electron chi connectivity index (χ4n) is 2.65. The van der Waals surface area contributed by atoms with E-state index in [4.69, 9.17) is 4.74 Å². The van der Waals surface area contributed by atoms with Gasteiger partial charge in [-0.15, -0.1) is 13.2 Å². The van der Waals surface area contributed by atoms with Crippen molar-refractivity contribution >= 4 is 11.9 Å². The van der Waals surface area contributed by atoms with Gasteiger partial charge in [-0.25, -0.2) is 4.79 Å². The third kappa shape index (κ3) is 5.87. The normalized spacial score (nSPS) is 25.1. The number of esters is 2. The topological polar surface area (TPSA) is 52.6 Å². The molecule has 2 bridgehead atoms. The van der Waals surface area contributed by atoms with Gasteiger partial charge in [-0.05, 0) is 38.0 Å². The van der Waals surface area contributed by atoms with E-state index >= 15 is 0 Å². The minimum atomic E-state index is -0.329. The Morgan fingerprint density at radius 3 is 2.00 bits per heavy atom. The predicted octanol–water partition coefficient (Wildman–Crippen LogP) is 3.54. The molecule has 0 aliphatic heterocycles. The number of ether oxygens (including phenoxy) is 2. The second-order valence-corrected chi connectivity index (χ2v) is 4.73. The van der Waals surface area contributed by atoms with Gasteiger partial charge in [0.25, 0.3) is 0 Å². The summed E-state index contributed by atoms with van der Waals surface area (Å²) in [6.45, 7) is 13.9. The van der Waals surface area contributed by atoms with Gasteiger partial charge < -0.3 is 9.47 Å². The fraction of sp³-hybridized carbons (Fsp3) is 0.500. The molecule has 0 aromatic rings. The van der Waals surface area contributed by atoms with Gasteiger partial charge in [-0.2, -0.15) is 0 Å². The Kier molecular flexibility index (Phi) is 8.29. The van der Waals surface area contributed by atoms with Gasteiger partial charge in [0, 0.05) is 13.0 Å². The van der Waals surface area contributed by atoms with Crippen molar-refractivity contribution in [3.8, 4) is 0 Å². The van der Waals surface area contributed by atoms with Crippen LogP contribution in [0.2, 0.25) is 0 Å². The molecule has 0 amide bonds. The molecule has 2 saturated carbocycles. The van der Waals surface area contributed by atoms with Crippen molar-refractivity contribution in [2.24, 2.45) is 5.92 Å². The lowest BCUT2D eigenvalue weighted by atomic mass is 9.97. The maximum absolute atomic E-state index is 11.0. The number of carbonyl (C=O) groups excluding carboxylic acids is 2. The third-order valence-corrected chi connectivity index (χ3v) is 3.41. The Balaban J connectivity index is 0.000000387. The number of hydrogen-bond acceptors (Lipinski definition) is 4. The molecule has 0 saturated heterocycles. The van der Waals surface area contributed by atoms with Crippen molar-refractivity contribution in [1.82, 2.24) is 0 Å². The molecular formula is C16H24O4. The highest BCUT2D eigenvalue weighted by atomic mass is 16.6. The minimum absolute atomic E-state index is 0.0874. The van der Waals surface area contributed by atoms with Gasteiger partial charge in [-0.3, -0.25) is 4.79 Å². The molecule has 112 valence electrons. The smallest absolute Gasteiger partial charge is 0.330 e. The van der Waals surface area contributed by atoms with E-state index in [1.807, 2.05) is 0 Å². The van der Waals surface area contributed by atoms with Crippen LogP contribution in [0.5, 0.6) is 0 Å². The summed E-state index contributed by atoms with van der Waals surface area (Å²) in [5, 5.41) is 0. The first-order valence-corrected chi connectivity index (χ1v) is 6.65. The second kappa shape index (κ2) is 9.13. The molecule has 20 heavy (non-hydrogen) atoms.